The molecule has 3 aromatic carbocycles. The molecule has 3 aromatic rings. The Kier molecular flexibility index (Phi) is 8.42. The summed E-state index contributed by atoms with van der Waals surface area (Å²) in [5.41, 5.74) is 4.81. The SMILES string of the molecule is COc1cccc(CNC[C@@H](O)[C@H](Cc2ccccc2)NC(=O)c2cc(C)cc(C)c2)c1. The first kappa shape index (κ1) is 23.5. The predicted molar refractivity (Wildman–Crippen MR) is 128 cm³/mol. The molecule has 1 amide bonds. The van der Waals surface area contributed by atoms with E-state index in [1.807, 2.05) is 86.6 Å². The maximum absolute atomic E-state index is 13.0. The van der Waals surface area contributed by atoms with Gasteiger partial charge in [0.25, 0.3) is 5.91 Å². The molecule has 5 nitrogen and oxygen atoms in total. The lowest BCUT2D eigenvalue weighted by molar-refractivity contribution is 0.0829. The molecule has 0 aliphatic heterocycles. The summed E-state index contributed by atoms with van der Waals surface area (Å²) in [7, 11) is 1.64. The first-order valence-electron chi connectivity index (χ1n) is 10.9. The van der Waals surface area contributed by atoms with Crippen molar-refractivity contribution in [2.75, 3.05) is 13.7 Å². The summed E-state index contributed by atoms with van der Waals surface area (Å²) in [5, 5.41) is 17.3. The summed E-state index contributed by atoms with van der Waals surface area (Å²) >= 11 is 0. The van der Waals surface area contributed by atoms with E-state index in [-0.39, 0.29) is 5.91 Å². The number of amides is 1. The minimum Gasteiger partial charge on any atom is -0.497 e. The predicted octanol–water partition coefficient (Wildman–Crippen LogP) is 3.80. The number of hydrogen-bond acceptors (Lipinski definition) is 4. The lowest BCUT2D eigenvalue weighted by Gasteiger charge is -2.25. The van der Waals surface area contributed by atoms with Crippen LogP contribution in [-0.4, -0.2) is 36.8 Å². The molecule has 0 aliphatic carbocycles. The topological polar surface area (TPSA) is 70.6 Å². The van der Waals surface area contributed by atoms with E-state index in [2.05, 4.69) is 10.6 Å². The number of nitrogens with one attached hydrogen (secondary N) is 2. The molecule has 0 spiro atoms. The molecule has 168 valence electrons. The van der Waals surface area contributed by atoms with Crippen LogP contribution in [0.5, 0.6) is 5.75 Å². The summed E-state index contributed by atoms with van der Waals surface area (Å²) in [4.78, 5) is 13.0. The van der Waals surface area contributed by atoms with Gasteiger partial charge in [0.2, 0.25) is 0 Å². The van der Waals surface area contributed by atoms with Crippen LogP contribution in [0, 0.1) is 13.8 Å². The van der Waals surface area contributed by atoms with E-state index in [1.165, 1.54) is 0 Å². The number of ether oxygens (including phenoxy) is 1. The number of benzene rings is 3. The third kappa shape index (κ3) is 6.94. The monoisotopic (exact) mass is 432 g/mol. The Balaban J connectivity index is 1.67. The van der Waals surface area contributed by atoms with E-state index < -0.39 is 12.1 Å². The van der Waals surface area contributed by atoms with Gasteiger partial charge in [-0.1, -0.05) is 59.7 Å². The maximum Gasteiger partial charge on any atom is 0.251 e. The van der Waals surface area contributed by atoms with E-state index >= 15 is 0 Å². The van der Waals surface area contributed by atoms with Crippen LogP contribution in [-0.2, 0) is 13.0 Å². The van der Waals surface area contributed by atoms with Crippen LogP contribution in [0.15, 0.2) is 72.8 Å². The standard InChI is InChI=1S/C27H32N2O3/c1-19-12-20(2)14-23(13-19)27(31)29-25(16-21-8-5-4-6-9-21)26(30)18-28-17-22-10-7-11-24(15-22)32-3/h4-15,25-26,28,30H,16-18H2,1-3H3,(H,29,31)/t25-,26+/m0/s1. The fourth-order valence-electron chi connectivity index (χ4n) is 3.80. The van der Waals surface area contributed by atoms with Crippen LogP contribution in [0.3, 0.4) is 0 Å². The second kappa shape index (κ2) is 11.5. The van der Waals surface area contributed by atoms with Crippen molar-refractivity contribution in [3.63, 3.8) is 0 Å². The summed E-state index contributed by atoms with van der Waals surface area (Å²) in [5.74, 6) is 0.622. The molecular weight excluding hydrogens is 400 g/mol. The third-order valence-corrected chi connectivity index (χ3v) is 5.38. The molecule has 3 N–H and O–H groups in total. The van der Waals surface area contributed by atoms with E-state index in [0.29, 0.717) is 25.1 Å². The highest BCUT2D eigenvalue weighted by molar-refractivity contribution is 5.94. The van der Waals surface area contributed by atoms with E-state index in [9.17, 15) is 9.90 Å². The maximum atomic E-state index is 13.0. The van der Waals surface area contributed by atoms with Crippen LogP contribution in [0.2, 0.25) is 0 Å². The molecule has 0 aliphatic rings. The Bertz CT molecular complexity index is 1000. The summed E-state index contributed by atoms with van der Waals surface area (Å²) in [6.45, 7) is 4.89. The molecule has 0 aromatic heterocycles. The van der Waals surface area contributed by atoms with Gasteiger partial charge in [-0.3, -0.25) is 4.79 Å². The molecule has 0 radical (unpaired) electrons. The summed E-state index contributed by atoms with van der Waals surface area (Å²) in [6.07, 6.45) is -0.213. The van der Waals surface area contributed by atoms with Gasteiger partial charge in [0, 0.05) is 18.7 Å². The van der Waals surface area contributed by atoms with E-state index in [4.69, 9.17) is 4.74 Å². The van der Waals surface area contributed by atoms with Gasteiger partial charge in [0.1, 0.15) is 5.75 Å². The molecule has 0 saturated carbocycles. The van der Waals surface area contributed by atoms with Crippen LogP contribution in [0.1, 0.15) is 32.6 Å². The Morgan fingerprint density at radius 3 is 2.31 bits per heavy atom. The first-order valence-corrected chi connectivity index (χ1v) is 10.9. The number of aliphatic hydroxyl groups is 1. The number of carbonyl (C=O) groups excluding carboxylic acids is 1. The zero-order valence-electron chi connectivity index (χ0n) is 19.0. The Morgan fingerprint density at radius 1 is 0.938 bits per heavy atom. The van der Waals surface area contributed by atoms with Gasteiger partial charge in [-0.15, -0.1) is 0 Å². The van der Waals surface area contributed by atoms with Gasteiger partial charge >= 0.3 is 0 Å². The minimum absolute atomic E-state index is 0.176. The van der Waals surface area contributed by atoms with Crippen LogP contribution in [0.4, 0.5) is 0 Å². The lowest BCUT2D eigenvalue weighted by atomic mass is 10.00. The van der Waals surface area contributed by atoms with Crippen LogP contribution in [0.25, 0.3) is 0 Å². The summed E-state index contributed by atoms with van der Waals surface area (Å²) in [6, 6.07) is 23.1. The van der Waals surface area contributed by atoms with Gasteiger partial charge in [-0.2, -0.15) is 0 Å². The van der Waals surface area contributed by atoms with Gasteiger partial charge in [-0.05, 0) is 55.7 Å². The number of aryl methyl sites for hydroxylation is 2. The Morgan fingerprint density at radius 2 is 1.62 bits per heavy atom. The third-order valence-electron chi connectivity index (χ3n) is 5.38. The van der Waals surface area contributed by atoms with Crippen LogP contribution < -0.4 is 15.4 Å². The minimum atomic E-state index is -0.754. The molecule has 0 saturated heterocycles. The Labute approximate surface area is 190 Å². The molecular formula is C27H32N2O3. The number of aliphatic hydroxyl groups excluding tert-OH is 1. The first-order chi connectivity index (χ1) is 15.4. The molecule has 0 fully saturated rings. The van der Waals surface area contributed by atoms with Crippen molar-refractivity contribution in [2.45, 2.75) is 39.0 Å². The van der Waals surface area contributed by atoms with Crippen LogP contribution >= 0.6 is 0 Å². The van der Waals surface area contributed by atoms with Crippen molar-refractivity contribution in [1.29, 1.82) is 0 Å². The molecule has 3 rings (SSSR count). The number of carbonyl (C=O) groups is 1. The number of rotatable bonds is 10. The van der Waals surface area contributed by atoms with Crippen molar-refractivity contribution in [3.8, 4) is 5.75 Å². The Hall–Kier alpha value is -3.15. The molecule has 0 bridgehead atoms. The van der Waals surface area contributed by atoms with Crippen molar-refractivity contribution in [1.82, 2.24) is 10.6 Å². The molecule has 32 heavy (non-hydrogen) atoms. The fraction of sp³-hybridized carbons (Fsp3) is 0.296. The van der Waals surface area contributed by atoms with E-state index in [1.54, 1.807) is 7.11 Å². The number of hydrogen-bond donors (Lipinski definition) is 3. The quantitative estimate of drug-likeness (QED) is 0.456. The smallest absolute Gasteiger partial charge is 0.251 e. The van der Waals surface area contributed by atoms with Gasteiger partial charge < -0.3 is 20.5 Å². The van der Waals surface area contributed by atoms with Gasteiger partial charge in [-0.25, -0.2) is 0 Å². The highest BCUT2D eigenvalue weighted by Crippen LogP contribution is 2.13. The van der Waals surface area contributed by atoms with Crippen molar-refractivity contribution >= 4 is 5.91 Å². The zero-order chi connectivity index (χ0) is 22.9. The lowest BCUT2D eigenvalue weighted by Crippen LogP contribution is -2.48. The normalized spacial score (nSPS) is 12.8. The van der Waals surface area contributed by atoms with Gasteiger partial charge in [0.05, 0.1) is 19.3 Å². The molecule has 0 unspecified atom stereocenters. The van der Waals surface area contributed by atoms with E-state index in [0.717, 1.165) is 28.0 Å². The van der Waals surface area contributed by atoms with Crippen molar-refractivity contribution in [2.24, 2.45) is 0 Å². The number of methoxy groups -OCH3 is 1. The molecule has 0 heterocycles. The summed E-state index contributed by atoms with van der Waals surface area (Å²) < 4.78 is 5.26. The zero-order valence-corrected chi connectivity index (χ0v) is 19.0. The fourth-order valence-corrected chi connectivity index (χ4v) is 3.80. The van der Waals surface area contributed by atoms with Crippen molar-refractivity contribution in [3.05, 3.63) is 101 Å². The largest absolute Gasteiger partial charge is 0.497 e. The highest BCUT2D eigenvalue weighted by Gasteiger charge is 2.22. The second-order valence-corrected chi connectivity index (χ2v) is 8.20. The highest BCUT2D eigenvalue weighted by atomic mass is 16.5. The second-order valence-electron chi connectivity index (χ2n) is 8.20. The average molecular weight is 433 g/mol. The molecule has 2 atom stereocenters. The van der Waals surface area contributed by atoms with Crippen molar-refractivity contribution < 1.29 is 14.6 Å². The average Bonchev–Trinajstić information content (AvgIpc) is 2.78. The van der Waals surface area contributed by atoms with Gasteiger partial charge in [0.15, 0.2) is 0 Å². The molecule has 5 heteroatoms.